The number of likely N-dealkylation sites (N-methyl/N-ethyl adjacent to an activating group) is 1. The molecule has 1 heterocycles. The van der Waals surface area contributed by atoms with Gasteiger partial charge in [0.25, 0.3) is 0 Å². The first-order valence-electron chi connectivity index (χ1n) is 8.30. The SMILES string of the molecule is CCN(C(=O)CNC=O)C(CCCOC)C(=O)NCc1cc(C)cs1. The Kier molecular flexibility index (Phi) is 9.79. The molecule has 0 radical (unpaired) electrons. The number of carbonyl (C=O) groups is 3. The normalized spacial score (nSPS) is 11.6. The first kappa shape index (κ1) is 21.1. The van der Waals surface area contributed by atoms with E-state index in [0.717, 1.165) is 10.4 Å². The van der Waals surface area contributed by atoms with Crippen LogP contribution in [0.5, 0.6) is 0 Å². The average molecular weight is 369 g/mol. The van der Waals surface area contributed by atoms with E-state index in [2.05, 4.69) is 10.6 Å². The van der Waals surface area contributed by atoms with E-state index in [1.165, 1.54) is 4.90 Å². The van der Waals surface area contributed by atoms with Crippen LogP contribution in [0.25, 0.3) is 0 Å². The summed E-state index contributed by atoms with van der Waals surface area (Å²) in [6.07, 6.45) is 1.65. The molecule has 1 aromatic heterocycles. The van der Waals surface area contributed by atoms with E-state index in [1.54, 1.807) is 18.4 Å². The van der Waals surface area contributed by atoms with Gasteiger partial charge in [0, 0.05) is 25.1 Å². The highest BCUT2D eigenvalue weighted by Crippen LogP contribution is 2.14. The number of nitrogens with one attached hydrogen (secondary N) is 2. The first-order valence-corrected chi connectivity index (χ1v) is 9.18. The molecule has 3 amide bonds. The maximum Gasteiger partial charge on any atom is 0.243 e. The van der Waals surface area contributed by atoms with Gasteiger partial charge >= 0.3 is 0 Å². The van der Waals surface area contributed by atoms with Gasteiger partial charge in [0.1, 0.15) is 6.04 Å². The molecule has 0 fully saturated rings. The molecule has 0 aliphatic carbocycles. The molecule has 2 N–H and O–H groups in total. The summed E-state index contributed by atoms with van der Waals surface area (Å²) in [5.41, 5.74) is 1.16. The van der Waals surface area contributed by atoms with Crippen LogP contribution in [-0.2, 0) is 25.7 Å². The summed E-state index contributed by atoms with van der Waals surface area (Å²) in [5.74, 6) is -0.470. The van der Waals surface area contributed by atoms with Gasteiger partial charge < -0.3 is 20.3 Å². The van der Waals surface area contributed by atoms with Gasteiger partial charge in [-0.3, -0.25) is 14.4 Å². The molecule has 7 nitrogen and oxygen atoms in total. The number of nitrogens with zero attached hydrogens (tertiary/aromatic N) is 1. The number of hydrogen-bond donors (Lipinski definition) is 2. The van der Waals surface area contributed by atoms with Crippen LogP contribution in [0.4, 0.5) is 0 Å². The van der Waals surface area contributed by atoms with Crippen molar-refractivity contribution in [1.82, 2.24) is 15.5 Å². The molecule has 0 aliphatic heterocycles. The summed E-state index contributed by atoms with van der Waals surface area (Å²) >= 11 is 1.59. The van der Waals surface area contributed by atoms with Crippen molar-refractivity contribution >= 4 is 29.6 Å². The Bertz CT molecular complexity index is 562. The Morgan fingerprint density at radius 1 is 1.44 bits per heavy atom. The minimum atomic E-state index is -0.581. The number of aryl methyl sites for hydroxylation is 1. The van der Waals surface area contributed by atoms with Crippen molar-refractivity contribution in [1.29, 1.82) is 0 Å². The quantitative estimate of drug-likeness (QED) is 0.426. The molecule has 140 valence electrons. The van der Waals surface area contributed by atoms with Gasteiger partial charge in [-0.1, -0.05) is 0 Å². The predicted molar refractivity (Wildman–Crippen MR) is 97.3 cm³/mol. The lowest BCUT2D eigenvalue weighted by Crippen LogP contribution is -2.51. The van der Waals surface area contributed by atoms with Gasteiger partial charge in [-0.2, -0.15) is 0 Å². The number of methoxy groups -OCH3 is 1. The smallest absolute Gasteiger partial charge is 0.243 e. The number of thiophene rings is 1. The zero-order valence-electron chi connectivity index (χ0n) is 15.0. The fourth-order valence-corrected chi connectivity index (χ4v) is 3.34. The molecule has 0 spiro atoms. The molecule has 1 rings (SSSR count). The third-order valence-electron chi connectivity index (χ3n) is 3.72. The number of carbonyl (C=O) groups excluding carboxylic acids is 3. The Morgan fingerprint density at radius 2 is 2.20 bits per heavy atom. The Labute approximate surface area is 152 Å². The summed E-state index contributed by atoms with van der Waals surface area (Å²) in [7, 11) is 1.60. The lowest BCUT2D eigenvalue weighted by molar-refractivity contribution is -0.140. The second-order valence-electron chi connectivity index (χ2n) is 5.64. The third kappa shape index (κ3) is 7.23. The van der Waals surface area contributed by atoms with E-state index in [4.69, 9.17) is 4.74 Å². The molecule has 0 saturated heterocycles. The Balaban J connectivity index is 2.75. The van der Waals surface area contributed by atoms with Crippen LogP contribution in [0, 0.1) is 6.92 Å². The molecule has 25 heavy (non-hydrogen) atoms. The number of rotatable bonds is 12. The summed E-state index contributed by atoms with van der Waals surface area (Å²) < 4.78 is 5.05. The molecule has 1 unspecified atom stereocenters. The molecular formula is C17H27N3O4S. The molecule has 1 aromatic rings. The molecule has 8 heteroatoms. The fourth-order valence-electron chi connectivity index (χ4n) is 2.53. The van der Waals surface area contributed by atoms with Gasteiger partial charge in [-0.25, -0.2) is 0 Å². The number of amides is 3. The van der Waals surface area contributed by atoms with Crippen molar-refractivity contribution in [2.75, 3.05) is 26.8 Å². The molecular weight excluding hydrogens is 342 g/mol. The highest BCUT2D eigenvalue weighted by atomic mass is 32.1. The third-order valence-corrected chi connectivity index (χ3v) is 4.78. The van der Waals surface area contributed by atoms with Crippen LogP contribution in [-0.4, -0.2) is 56.0 Å². The fraction of sp³-hybridized carbons (Fsp3) is 0.588. The van der Waals surface area contributed by atoms with Gasteiger partial charge in [0.05, 0.1) is 13.1 Å². The lowest BCUT2D eigenvalue weighted by atomic mass is 10.1. The van der Waals surface area contributed by atoms with Crippen molar-refractivity contribution in [2.45, 2.75) is 39.3 Å². The number of hydrogen-bond acceptors (Lipinski definition) is 5. The average Bonchev–Trinajstić information content (AvgIpc) is 3.02. The highest BCUT2D eigenvalue weighted by Gasteiger charge is 2.28. The van der Waals surface area contributed by atoms with Gasteiger partial charge in [-0.05, 0) is 43.7 Å². The summed E-state index contributed by atoms with van der Waals surface area (Å²) in [6.45, 7) is 5.06. The maximum atomic E-state index is 12.7. The van der Waals surface area contributed by atoms with E-state index in [1.807, 2.05) is 25.3 Å². The van der Waals surface area contributed by atoms with Gasteiger partial charge in [0.15, 0.2) is 0 Å². The van der Waals surface area contributed by atoms with Gasteiger partial charge in [-0.15, -0.1) is 11.3 Å². The minimum absolute atomic E-state index is 0.116. The van der Waals surface area contributed by atoms with Crippen LogP contribution in [0.2, 0.25) is 0 Å². The van der Waals surface area contributed by atoms with E-state index >= 15 is 0 Å². The highest BCUT2D eigenvalue weighted by molar-refractivity contribution is 7.10. The van der Waals surface area contributed by atoms with Gasteiger partial charge in [0.2, 0.25) is 18.2 Å². The topological polar surface area (TPSA) is 87.7 Å². The van der Waals surface area contributed by atoms with E-state index < -0.39 is 6.04 Å². The first-order chi connectivity index (χ1) is 12.0. The second kappa shape index (κ2) is 11.6. The largest absolute Gasteiger partial charge is 0.385 e. The molecule has 0 aromatic carbocycles. The van der Waals surface area contributed by atoms with Crippen LogP contribution in [0.1, 0.15) is 30.2 Å². The van der Waals surface area contributed by atoms with E-state index in [0.29, 0.717) is 38.9 Å². The predicted octanol–water partition coefficient (Wildman–Crippen LogP) is 1.06. The van der Waals surface area contributed by atoms with Crippen molar-refractivity contribution in [3.05, 3.63) is 21.9 Å². The van der Waals surface area contributed by atoms with E-state index in [9.17, 15) is 14.4 Å². The molecule has 0 bridgehead atoms. The molecule has 1 atom stereocenters. The van der Waals surface area contributed by atoms with Crippen LogP contribution in [0.3, 0.4) is 0 Å². The van der Waals surface area contributed by atoms with Crippen LogP contribution >= 0.6 is 11.3 Å². The maximum absolute atomic E-state index is 12.7. The zero-order valence-corrected chi connectivity index (χ0v) is 15.9. The van der Waals surface area contributed by atoms with Crippen molar-refractivity contribution in [3.63, 3.8) is 0 Å². The molecule has 0 saturated carbocycles. The van der Waals surface area contributed by atoms with E-state index in [-0.39, 0.29) is 18.4 Å². The second-order valence-corrected chi connectivity index (χ2v) is 6.63. The minimum Gasteiger partial charge on any atom is -0.385 e. The zero-order chi connectivity index (χ0) is 18.7. The summed E-state index contributed by atoms with van der Waals surface area (Å²) in [5, 5.41) is 7.30. The monoisotopic (exact) mass is 369 g/mol. The summed E-state index contributed by atoms with van der Waals surface area (Å²) in [6, 6.07) is 1.45. The number of ether oxygens (including phenoxy) is 1. The Morgan fingerprint density at radius 3 is 2.76 bits per heavy atom. The van der Waals surface area contributed by atoms with Crippen LogP contribution in [0.15, 0.2) is 11.4 Å². The van der Waals surface area contributed by atoms with Crippen molar-refractivity contribution < 1.29 is 19.1 Å². The van der Waals surface area contributed by atoms with Crippen molar-refractivity contribution in [3.8, 4) is 0 Å². The van der Waals surface area contributed by atoms with Crippen LogP contribution < -0.4 is 10.6 Å². The van der Waals surface area contributed by atoms with Crippen molar-refractivity contribution in [2.24, 2.45) is 0 Å². The lowest BCUT2D eigenvalue weighted by Gasteiger charge is -2.30. The summed E-state index contributed by atoms with van der Waals surface area (Å²) in [4.78, 5) is 37.9. The Hall–Kier alpha value is -1.93. The molecule has 0 aliphatic rings. The standard InChI is InChI=1S/C17H27N3O4S/c1-4-20(16(22)10-18-12-21)15(6-5-7-24-3)17(23)19-9-14-8-13(2)11-25-14/h8,11-12,15H,4-7,9-10H2,1-3H3,(H,18,21)(H,19,23).